The van der Waals surface area contributed by atoms with Crippen molar-refractivity contribution in [1.82, 2.24) is 0 Å². The Morgan fingerprint density at radius 1 is 1.50 bits per heavy atom. The molecule has 5 nitrogen and oxygen atoms in total. The van der Waals surface area contributed by atoms with Crippen molar-refractivity contribution in [3.05, 3.63) is 33.9 Å². The molecule has 18 heavy (non-hydrogen) atoms. The molecule has 0 amide bonds. The summed E-state index contributed by atoms with van der Waals surface area (Å²) < 4.78 is 4.95. The van der Waals surface area contributed by atoms with Gasteiger partial charge in [-0.1, -0.05) is 18.8 Å². The number of rotatable bonds is 3. The average Bonchev–Trinajstić information content (AvgIpc) is 2.30. The smallest absolute Gasteiger partial charge is 0.308 e. The predicted octanol–water partition coefficient (Wildman–Crippen LogP) is 2.67. The standard InChI is InChI=1S/C13H13NO4/c1-3-4-5-6-11-9-12(14(16)17)7-8-13(11)18-10(2)15/h7-9H,3-4H2,1-2H3. The second kappa shape index (κ2) is 6.40. The molecular formula is C13H13NO4. The molecule has 0 heterocycles. The second-order valence-electron chi connectivity index (χ2n) is 3.58. The minimum atomic E-state index is -0.511. The first kappa shape index (κ1) is 13.7. The second-order valence-corrected chi connectivity index (χ2v) is 3.58. The summed E-state index contributed by atoms with van der Waals surface area (Å²) in [6.45, 7) is 3.25. The Balaban J connectivity index is 3.14. The molecule has 0 aliphatic heterocycles. The Morgan fingerprint density at radius 2 is 2.22 bits per heavy atom. The summed E-state index contributed by atoms with van der Waals surface area (Å²) in [6.07, 6.45) is 1.58. The van der Waals surface area contributed by atoms with Crippen LogP contribution in [-0.4, -0.2) is 10.9 Å². The van der Waals surface area contributed by atoms with Crippen LogP contribution in [0.15, 0.2) is 18.2 Å². The number of unbranched alkanes of at least 4 members (excludes halogenated alkanes) is 1. The van der Waals surface area contributed by atoms with Crippen molar-refractivity contribution in [2.75, 3.05) is 0 Å². The number of carbonyl (C=O) groups excluding carboxylic acids is 1. The SMILES string of the molecule is CCCC#Cc1cc([N+](=O)[O-])ccc1OC(C)=O. The molecule has 94 valence electrons. The number of nitro benzene ring substituents is 1. The van der Waals surface area contributed by atoms with E-state index in [4.69, 9.17) is 4.74 Å². The summed E-state index contributed by atoms with van der Waals surface area (Å²) in [5.74, 6) is 5.41. The highest BCUT2D eigenvalue weighted by atomic mass is 16.6. The molecule has 0 bridgehead atoms. The summed E-state index contributed by atoms with van der Waals surface area (Å²) in [4.78, 5) is 21.1. The Hall–Kier alpha value is -2.35. The molecule has 0 saturated carbocycles. The summed E-state index contributed by atoms with van der Waals surface area (Å²) in [5, 5.41) is 10.7. The molecule has 5 heteroatoms. The Labute approximate surface area is 105 Å². The van der Waals surface area contributed by atoms with Gasteiger partial charge in [-0.05, 0) is 12.5 Å². The van der Waals surface area contributed by atoms with E-state index in [0.29, 0.717) is 12.0 Å². The van der Waals surface area contributed by atoms with Crippen molar-refractivity contribution in [1.29, 1.82) is 0 Å². The van der Waals surface area contributed by atoms with E-state index < -0.39 is 10.9 Å². The molecule has 0 atom stereocenters. The number of nitro groups is 1. The van der Waals surface area contributed by atoms with Crippen LogP contribution in [0, 0.1) is 22.0 Å². The maximum atomic E-state index is 10.9. The molecule has 1 aromatic carbocycles. The Kier molecular flexibility index (Phi) is 4.88. The number of hydrogen-bond acceptors (Lipinski definition) is 4. The van der Waals surface area contributed by atoms with Gasteiger partial charge in [-0.15, -0.1) is 0 Å². The molecule has 0 radical (unpaired) electrons. The van der Waals surface area contributed by atoms with Crippen LogP contribution >= 0.6 is 0 Å². The molecule has 0 aliphatic carbocycles. The van der Waals surface area contributed by atoms with Crippen LogP contribution in [0.2, 0.25) is 0 Å². The lowest BCUT2D eigenvalue weighted by Gasteiger charge is -2.03. The van der Waals surface area contributed by atoms with Gasteiger partial charge in [-0.25, -0.2) is 0 Å². The average molecular weight is 247 g/mol. The van der Waals surface area contributed by atoms with Gasteiger partial charge in [0.05, 0.1) is 10.5 Å². The largest absolute Gasteiger partial charge is 0.425 e. The molecule has 0 unspecified atom stereocenters. The maximum Gasteiger partial charge on any atom is 0.308 e. The van der Waals surface area contributed by atoms with E-state index in [-0.39, 0.29) is 11.4 Å². The van der Waals surface area contributed by atoms with Crippen molar-refractivity contribution in [3.63, 3.8) is 0 Å². The topological polar surface area (TPSA) is 69.4 Å². The van der Waals surface area contributed by atoms with Crippen LogP contribution in [0.4, 0.5) is 5.69 Å². The van der Waals surface area contributed by atoms with Crippen LogP contribution in [-0.2, 0) is 4.79 Å². The van der Waals surface area contributed by atoms with E-state index in [1.165, 1.54) is 25.1 Å². The van der Waals surface area contributed by atoms with Gasteiger partial charge in [0.25, 0.3) is 5.69 Å². The molecule has 0 fully saturated rings. The molecule has 0 N–H and O–H groups in total. The number of ether oxygens (including phenoxy) is 1. The number of esters is 1. The monoisotopic (exact) mass is 247 g/mol. The van der Waals surface area contributed by atoms with Crippen LogP contribution in [0.1, 0.15) is 32.3 Å². The van der Waals surface area contributed by atoms with Gasteiger partial charge in [0.2, 0.25) is 0 Å². The molecule has 0 saturated heterocycles. The summed E-state index contributed by atoms with van der Waals surface area (Å²) >= 11 is 0. The first-order valence-electron chi connectivity index (χ1n) is 5.50. The molecule has 1 rings (SSSR count). The molecule has 0 aromatic heterocycles. The first-order chi connectivity index (χ1) is 8.54. The van der Waals surface area contributed by atoms with Gasteiger partial charge in [0, 0.05) is 25.5 Å². The molecule has 1 aromatic rings. The number of non-ortho nitro benzene ring substituents is 1. The lowest BCUT2D eigenvalue weighted by atomic mass is 10.1. The number of nitrogens with zero attached hydrogens (tertiary/aromatic N) is 1. The van der Waals surface area contributed by atoms with Crippen molar-refractivity contribution in [2.45, 2.75) is 26.7 Å². The van der Waals surface area contributed by atoms with Crippen molar-refractivity contribution in [2.24, 2.45) is 0 Å². The van der Waals surface area contributed by atoms with Crippen LogP contribution < -0.4 is 4.74 Å². The third-order valence-corrected chi connectivity index (χ3v) is 2.03. The van der Waals surface area contributed by atoms with Gasteiger partial charge in [-0.3, -0.25) is 14.9 Å². The highest BCUT2D eigenvalue weighted by Gasteiger charge is 2.11. The zero-order valence-corrected chi connectivity index (χ0v) is 10.2. The lowest BCUT2D eigenvalue weighted by Crippen LogP contribution is -2.03. The zero-order chi connectivity index (χ0) is 13.5. The van der Waals surface area contributed by atoms with Gasteiger partial charge in [-0.2, -0.15) is 0 Å². The zero-order valence-electron chi connectivity index (χ0n) is 10.2. The minimum absolute atomic E-state index is 0.0771. The van der Waals surface area contributed by atoms with Crippen LogP contribution in [0.5, 0.6) is 5.75 Å². The third kappa shape index (κ3) is 3.91. The quantitative estimate of drug-likeness (QED) is 0.271. The van der Waals surface area contributed by atoms with Crippen molar-refractivity contribution >= 4 is 11.7 Å². The summed E-state index contributed by atoms with van der Waals surface area (Å²) in [6, 6.07) is 3.97. The normalized spacial score (nSPS) is 9.22. The van der Waals surface area contributed by atoms with Gasteiger partial charge in [0.1, 0.15) is 5.75 Å². The van der Waals surface area contributed by atoms with Crippen LogP contribution in [0.25, 0.3) is 0 Å². The van der Waals surface area contributed by atoms with E-state index in [2.05, 4.69) is 11.8 Å². The fourth-order valence-corrected chi connectivity index (χ4v) is 1.26. The van der Waals surface area contributed by atoms with Gasteiger partial charge >= 0.3 is 5.97 Å². The number of hydrogen-bond donors (Lipinski definition) is 0. The van der Waals surface area contributed by atoms with Crippen molar-refractivity contribution < 1.29 is 14.5 Å². The number of benzene rings is 1. The van der Waals surface area contributed by atoms with E-state index in [0.717, 1.165) is 6.42 Å². The highest BCUT2D eigenvalue weighted by Crippen LogP contribution is 2.23. The van der Waals surface area contributed by atoms with E-state index in [1.807, 2.05) is 6.92 Å². The third-order valence-electron chi connectivity index (χ3n) is 2.03. The summed E-state index contributed by atoms with van der Waals surface area (Å²) in [5.41, 5.74) is 0.277. The molecule has 0 spiro atoms. The Bertz CT molecular complexity index is 526. The first-order valence-corrected chi connectivity index (χ1v) is 5.50. The lowest BCUT2D eigenvalue weighted by molar-refractivity contribution is -0.384. The number of carbonyl (C=O) groups is 1. The predicted molar refractivity (Wildman–Crippen MR) is 66.2 cm³/mol. The van der Waals surface area contributed by atoms with Crippen LogP contribution in [0.3, 0.4) is 0 Å². The van der Waals surface area contributed by atoms with Gasteiger partial charge in [0.15, 0.2) is 0 Å². The van der Waals surface area contributed by atoms with E-state index in [9.17, 15) is 14.9 Å². The minimum Gasteiger partial charge on any atom is -0.425 e. The molecular weight excluding hydrogens is 234 g/mol. The fourth-order valence-electron chi connectivity index (χ4n) is 1.26. The van der Waals surface area contributed by atoms with Crippen molar-refractivity contribution in [3.8, 4) is 17.6 Å². The maximum absolute atomic E-state index is 10.9. The van der Waals surface area contributed by atoms with E-state index >= 15 is 0 Å². The highest BCUT2D eigenvalue weighted by molar-refractivity contribution is 5.71. The van der Waals surface area contributed by atoms with E-state index in [1.54, 1.807) is 0 Å². The Morgan fingerprint density at radius 3 is 2.78 bits per heavy atom. The summed E-state index contributed by atoms with van der Waals surface area (Å²) in [7, 11) is 0. The molecule has 0 aliphatic rings. The van der Waals surface area contributed by atoms with Gasteiger partial charge < -0.3 is 4.74 Å². The fraction of sp³-hybridized carbons (Fsp3) is 0.308.